The maximum absolute atomic E-state index is 12.7. The van der Waals surface area contributed by atoms with Gasteiger partial charge in [-0.05, 0) is 17.2 Å². The van der Waals surface area contributed by atoms with Crippen molar-refractivity contribution >= 4 is 12.0 Å². The van der Waals surface area contributed by atoms with E-state index in [4.69, 9.17) is 0 Å². The molecule has 25 heavy (non-hydrogen) atoms. The lowest BCUT2D eigenvalue weighted by Crippen LogP contribution is -2.37. The van der Waals surface area contributed by atoms with Gasteiger partial charge in [-0.2, -0.15) is 0 Å². The summed E-state index contributed by atoms with van der Waals surface area (Å²) in [7, 11) is 0. The molecule has 0 spiro atoms. The molecule has 3 aromatic rings. The number of amides is 1. The molecule has 0 bridgehead atoms. The van der Waals surface area contributed by atoms with Crippen LogP contribution in [-0.4, -0.2) is 27.3 Å². The number of hydrogen-bond donors (Lipinski definition) is 1. The number of carbonyl (C=O) groups is 1. The molecule has 1 N–H and O–H groups in total. The number of nitrogens with zero attached hydrogens (tertiary/aromatic N) is 2. The SMILES string of the molecule is O=C(C=Cc1ccccc1)N1Cc2[nH]cnc2C(c2ccccc2)C1. The molecule has 0 fully saturated rings. The van der Waals surface area contributed by atoms with Crippen LogP contribution in [0.15, 0.2) is 73.1 Å². The Hall–Kier alpha value is -3.14. The maximum atomic E-state index is 12.7. The Bertz CT molecular complexity index is 884. The van der Waals surface area contributed by atoms with Crippen LogP contribution in [0.5, 0.6) is 0 Å². The maximum Gasteiger partial charge on any atom is 0.246 e. The van der Waals surface area contributed by atoms with Crippen LogP contribution in [0, 0.1) is 0 Å². The van der Waals surface area contributed by atoms with E-state index >= 15 is 0 Å². The van der Waals surface area contributed by atoms with Gasteiger partial charge in [0.1, 0.15) is 0 Å². The Morgan fingerprint density at radius 2 is 1.80 bits per heavy atom. The highest BCUT2D eigenvalue weighted by Gasteiger charge is 2.30. The molecule has 1 aliphatic heterocycles. The second-order valence-corrected chi connectivity index (χ2v) is 6.19. The van der Waals surface area contributed by atoms with Crippen LogP contribution < -0.4 is 0 Å². The summed E-state index contributed by atoms with van der Waals surface area (Å²) in [5.41, 5.74) is 4.26. The van der Waals surface area contributed by atoms with Gasteiger partial charge < -0.3 is 9.88 Å². The molecule has 1 atom stereocenters. The van der Waals surface area contributed by atoms with E-state index in [1.54, 1.807) is 12.4 Å². The lowest BCUT2D eigenvalue weighted by molar-refractivity contribution is -0.127. The highest BCUT2D eigenvalue weighted by Crippen LogP contribution is 2.31. The van der Waals surface area contributed by atoms with Gasteiger partial charge in [0, 0.05) is 18.5 Å². The number of hydrogen-bond acceptors (Lipinski definition) is 2. The molecule has 4 rings (SSSR count). The first-order valence-electron chi connectivity index (χ1n) is 8.40. The van der Waals surface area contributed by atoms with Gasteiger partial charge in [-0.1, -0.05) is 60.7 Å². The predicted octanol–water partition coefficient (Wildman–Crippen LogP) is 3.60. The van der Waals surface area contributed by atoms with Crippen LogP contribution >= 0.6 is 0 Å². The summed E-state index contributed by atoms with van der Waals surface area (Å²) in [6, 6.07) is 20.1. The van der Waals surface area contributed by atoms with E-state index < -0.39 is 0 Å². The summed E-state index contributed by atoms with van der Waals surface area (Å²) in [4.78, 5) is 22.2. The number of aromatic nitrogens is 2. The van der Waals surface area contributed by atoms with E-state index in [0.29, 0.717) is 13.1 Å². The summed E-state index contributed by atoms with van der Waals surface area (Å²) >= 11 is 0. The minimum Gasteiger partial charge on any atom is -0.347 e. The van der Waals surface area contributed by atoms with Gasteiger partial charge >= 0.3 is 0 Å². The Morgan fingerprint density at radius 1 is 1.08 bits per heavy atom. The number of nitrogens with one attached hydrogen (secondary N) is 1. The molecule has 0 radical (unpaired) electrons. The number of H-pyrrole nitrogens is 1. The zero-order valence-electron chi connectivity index (χ0n) is 13.8. The lowest BCUT2D eigenvalue weighted by Gasteiger charge is -2.31. The first-order chi connectivity index (χ1) is 12.3. The van der Waals surface area contributed by atoms with Crippen molar-refractivity contribution in [3.05, 3.63) is 95.6 Å². The number of benzene rings is 2. The van der Waals surface area contributed by atoms with Crippen molar-refractivity contribution in [2.24, 2.45) is 0 Å². The molecular weight excluding hydrogens is 310 g/mol. The largest absolute Gasteiger partial charge is 0.347 e. The van der Waals surface area contributed by atoms with Crippen molar-refractivity contribution < 1.29 is 4.79 Å². The van der Waals surface area contributed by atoms with Crippen LogP contribution in [0.3, 0.4) is 0 Å². The number of fused-ring (bicyclic) bond motifs is 1. The average Bonchev–Trinajstić information content (AvgIpc) is 3.15. The molecule has 1 amide bonds. The second kappa shape index (κ2) is 6.77. The fourth-order valence-corrected chi connectivity index (χ4v) is 3.27. The van der Waals surface area contributed by atoms with Crippen LogP contribution in [0.1, 0.15) is 28.4 Å². The molecule has 2 heterocycles. The third-order valence-electron chi connectivity index (χ3n) is 4.57. The number of aromatic amines is 1. The van der Waals surface area contributed by atoms with Crippen molar-refractivity contribution in [2.75, 3.05) is 6.54 Å². The van der Waals surface area contributed by atoms with Gasteiger partial charge in [0.2, 0.25) is 5.91 Å². The third kappa shape index (κ3) is 3.24. The number of rotatable bonds is 3. The molecule has 1 unspecified atom stereocenters. The standard InChI is InChI=1S/C21H19N3O/c25-20(12-11-16-7-3-1-4-8-16)24-13-18(17-9-5-2-6-10-17)21-19(14-24)22-15-23-21/h1-12,15,18H,13-14H2,(H,22,23). The summed E-state index contributed by atoms with van der Waals surface area (Å²) in [5, 5.41) is 0. The molecule has 1 aliphatic rings. The molecule has 0 aliphatic carbocycles. The van der Waals surface area contributed by atoms with Crippen LogP contribution in [-0.2, 0) is 11.3 Å². The van der Waals surface area contributed by atoms with Gasteiger partial charge in [0.15, 0.2) is 0 Å². The monoisotopic (exact) mass is 329 g/mol. The molecule has 124 valence electrons. The van der Waals surface area contributed by atoms with Gasteiger partial charge in [0.25, 0.3) is 0 Å². The zero-order chi connectivity index (χ0) is 17.1. The van der Waals surface area contributed by atoms with E-state index in [0.717, 1.165) is 17.0 Å². The Morgan fingerprint density at radius 3 is 2.56 bits per heavy atom. The van der Waals surface area contributed by atoms with Crippen LogP contribution in [0.2, 0.25) is 0 Å². The normalized spacial score (nSPS) is 16.8. The van der Waals surface area contributed by atoms with Gasteiger partial charge in [-0.15, -0.1) is 0 Å². The highest BCUT2D eigenvalue weighted by atomic mass is 16.2. The molecule has 0 saturated carbocycles. The van der Waals surface area contributed by atoms with Crippen molar-refractivity contribution in [1.29, 1.82) is 0 Å². The number of carbonyl (C=O) groups excluding carboxylic acids is 1. The van der Waals surface area contributed by atoms with Crippen LogP contribution in [0.25, 0.3) is 6.08 Å². The molecule has 1 aromatic heterocycles. The summed E-state index contributed by atoms with van der Waals surface area (Å²) in [5.74, 6) is 0.121. The number of imidazole rings is 1. The predicted molar refractivity (Wildman–Crippen MR) is 97.8 cm³/mol. The van der Waals surface area contributed by atoms with E-state index in [1.807, 2.05) is 59.5 Å². The fourth-order valence-electron chi connectivity index (χ4n) is 3.27. The average molecular weight is 329 g/mol. The fraction of sp³-hybridized carbons (Fsp3) is 0.143. The van der Waals surface area contributed by atoms with E-state index in [-0.39, 0.29) is 11.8 Å². The van der Waals surface area contributed by atoms with Crippen molar-refractivity contribution in [2.45, 2.75) is 12.5 Å². The quantitative estimate of drug-likeness (QED) is 0.747. The minimum atomic E-state index is 0.0186. The molecule has 4 nitrogen and oxygen atoms in total. The van der Waals surface area contributed by atoms with E-state index in [9.17, 15) is 4.79 Å². The summed E-state index contributed by atoms with van der Waals surface area (Å²) in [6.45, 7) is 1.20. The smallest absolute Gasteiger partial charge is 0.246 e. The Labute approximate surface area is 146 Å². The van der Waals surface area contributed by atoms with Gasteiger partial charge in [-0.25, -0.2) is 4.98 Å². The highest BCUT2D eigenvalue weighted by molar-refractivity contribution is 5.92. The van der Waals surface area contributed by atoms with Gasteiger partial charge in [-0.3, -0.25) is 4.79 Å². The van der Waals surface area contributed by atoms with Crippen molar-refractivity contribution in [3.63, 3.8) is 0 Å². The molecule has 4 heteroatoms. The Kier molecular flexibility index (Phi) is 4.17. The molecule has 2 aromatic carbocycles. The molecule has 0 saturated heterocycles. The minimum absolute atomic E-state index is 0.0186. The topological polar surface area (TPSA) is 49.0 Å². The molecular formula is C21H19N3O. The van der Waals surface area contributed by atoms with E-state index in [1.165, 1.54) is 5.56 Å². The summed E-state index contributed by atoms with van der Waals surface area (Å²) < 4.78 is 0. The summed E-state index contributed by atoms with van der Waals surface area (Å²) in [6.07, 6.45) is 5.23. The second-order valence-electron chi connectivity index (χ2n) is 6.19. The first-order valence-corrected chi connectivity index (χ1v) is 8.40. The zero-order valence-corrected chi connectivity index (χ0v) is 13.8. The van der Waals surface area contributed by atoms with Crippen LogP contribution in [0.4, 0.5) is 0 Å². The lowest BCUT2D eigenvalue weighted by atomic mass is 9.91. The van der Waals surface area contributed by atoms with E-state index in [2.05, 4.69) is 22.1 Å². The third-order valence-corrected chi connectivity index (χ3v) is 4.57. The van der Waals surface area contributed by atoms with Crippen molar-refractivity contribution in [1.82, 2.24) is 14.9 Å². The van der Waals surface area contributed by atoms with Gasteiger partial charge in [0.05, 0.1) is 24.3 Å². The first kappa shape index (κ1) is 15.4. The van der Waals surface area contributed by atoms with Crippen molar-refractivity contribution in [3.8, 4) is 0 Å². The Balaban J connectivity index is 1.58.